The molecule has 0 spiro atoms. The van der Waals surface area contributed by atoms with E-state index >= 15 is 0 Å². The van der Waals surface area contributed by atoms with E-state index in [4.69, 9.17) is 17.3 Å². The molecule has 1 aromatic carbocycles. The molecule has 0 atom stereocenters. The molecule has 19 heavy (non-hydrogen) atoms. The average molecular weight is 355 g/mol. The number of H-pyrrole nitrogens is 1. The molecular formula is C13H9BrClN3S. The molecular weight excluding hydrogens is 346 g/mol. The Morgan fingerprint density at radius 1 is 1.21 bits per heavy atom. The minimum absolute atomic E-state index is 0.474. The molecule has 3 rings (SSSR count). The number of thiophene rings is 1. The van der Waals surface area contributed by atoms with E-state index in [1.165, 1.54) is 0 Å². The van der Waals surface area contributed by atoms with Crippen LogP contribution in [0.1, 0.15) is 0 Å². The predicted molar refractivity (Wildman–Crippen MR) is 84.5 cm³/mol. The van der Waals surface area contributed by atoms with Crippen LogP contribution in [0.2, 0.25) is 5.02 Å². The van der Waals surface area contributed by atoms with Gasteiger partial charge < -0.3 is 5.73 Å². The lowest BCUT2D eigenvalue weighted by molar-refractivity contribution is 1.11. The first-order chi connectivity index (χ1) is 9.16. The maximum absolute atomic E-state index is 6.18. The first-order valence-electron chi connectivity index (χ1n) is 5.50. The van der Waals surface area contributed by atoms with Crippen molar-refractivity contribution in [2.75, 3.05) is 5.73 Å². The summed E-state index contributed by atoms with van der Waals surface area (Å²) in [6.07, 6.45) is 0. The van der Waals surface area contributed by atoms with Gasteiger partial charge in [-0.25, -0.2) is 0 Å². The number of aromatic amines is 1. The zero-order valence-corrected chi connectivity index (χ0v) is 12.8. The van der Waals surface area contributed by atoms with Crippen molar-refractivity contribution in [1.29, 1.82) is 0 Å². The van der Waals surface area contributed by atoms with Gasteiger partial charge in [-0.1, -0.05) is 39.7 Å². The summed E-state index contributed by atoms with van der Waals surface area (Å²) in [4.78, 5) is 0.948. The molecule has 0 aliphatic heterocycles. The van der Waals surface area contributed by atoms with Gasteiger partial charge in [0.05, 0.1) is 21.2 Å². The van der Waals surface area contributed by atoms with E-state index in [0.29, 0.717) is 10.8 Å². The van der Waals surface area contributed by atoms with Crippen LogP contribution in [0.15, 0.2) is 40.2 Å². The van der Waals surface area contributed by atoms with Gasteiger partial charge in [-0.2, -0.15) is 5.10 Å². The summed E-state index contributed by atoms with van der Waals surface area (Å²) in [5.74, 6) is 0.474. The lowest BCUT2D eigenvalue weighted by Gasteiger charge is -2.04. The van der Waals surface area contributed by atoms with Gasteiger partial charge >= 0.3 is 0 Å². The SMILES string of the molecule is Nc1n[nH]c(-c2sccc2Cl)c1-c1ccc(Br)cc1. The van der Waals surface area contributed by atoms with E-state index in [1.54, 1.807) is 11.3 Å². The van der Waals surface area contributed by atoms with Crippen LogP contribution in [-0.4, -0.2) is 10.2 Å². The second-order valence-electron chi connectivity index (χ2n) is 3.96. The number of nitrogens with zero attached hydrogens (tertiary/aromatic N) is 1. The number of nitrogens with one attached hydrogen (secondary N) is 1. The molecule has 2 aromatic heterocycles. The molecule has 0 fully saturated rings. The van der Waals surface area contributed by atoms with E-state index in [-0.39, 0.29) is 0 Å². The molecule has 96 valence electrons. The molecule has 6 heteroatoms. The van der Waals surface area contributed by atoms with Crippen molar-refractivity contribution < 1.29 is 0 Å². The number of nitrogen functional groups attached to an aromatic ring is 1. The van der Waals surface area contributed by atoms with Crippen LogP contribution in [-0.2, 0) is 0 Å². The fourth-order valence-electron chi connectivity index (χ4n) is 1.90. The standard InChI is InChI=1S/C13H9BrClN3S/c14-8-3-1-7(2-4-8)10-11(17-18-13(10)16)12-9(15)5-6-19-12/h1-6H,(H3,16,17,18). The van der Waals surface area contributed by atoms with Crippen LogP contribution in [0.5, 0.6) is 0 Å². The van der Waals surface area contributed by atoms with Gasteiger partial charge in [-0.05, 0) is 29.1 Å². The lowest BCUT2D eigenvalue weighted by Crippen LogP contribution is -1.88. The van der Waals surface area contributed by atoms with E-state index in [2.05, 4.69) is 26.1 Å². The summed E-state index contributed by atoms with van der Waals surface area (Å²) in [5, 5.41) is 9.72. The predicted octanol–water partition coefficient (Wildman–Crippen LogP) is 4.80. The van der Waals surface area contributed by atoms with Crippen LogP contribution in [0, 0.1) is 0 Å². The van der Waals surface area contributed by atoms with Crippen LogP contribution in [0.3, 0.4) is 0 Å². The topological polar surface area (TPSA) is 54.7 Å². The van der Waals surface area contributed by atoms with Gasteiger partial charge in [0.15, 0.2) is 5.82 Å². The van der Waals surface area contributed by atoms with Gasteiger partial charge in [-0.3, -0.25) is 5.10 Å². The molecule has 0 unspecified atom stereocenters. The van der Waals surface area contributed by atoms with Crippen LogP contribution >= 0.6 is 38.9 Å². The van der Waals surface area contributed by atoms with Gasteiger partial charge in [0.1, 0.15) is 0 Å². The van der Waals surface area contributed by atoms with Gasteiger partial charge in [-0.15, -0.1) is 11.3 Å². The van der Waals surface area contributed by atoms with Crippen molar-refractivity contribution in [1.82, 2.24) is 10.2 Å². The normalized spacial score (nSPS) is 10.8. The monoisotopic (exact) mass is 353 g/mol. The Kier molecular flexibility index (Phi) is 3.35. The van der Waals surface area contributed by atoms with Crippen molar-refractivity contribution in [3.05, 3.63) is 45.2 Å². The molecule has 2 heterocycles. The Labute approximate surface area is 127 Å². The summed E-state index contributed by atoms with van der Waals surface area (Å²) >= 11 is 11.2. The van der Waals surface area contributed by atoms with E-state index in [9.17, 15) is 0 Å². The zero-order chi connectivity index (χ0) is 13.4. The fraction of sp³-hybridized carbons (Fsp3) is 0. The van der Waals surface area contributed by atoms with Gasteiger partial charge in [0.25, 0.3) is 0 Å². The maximum Gasteiger partial charge on any atom is 0.153 e. The lowest BCUT2D eigenvalue weighted by atomic mass is 10.0. The summed E-state index contributed by atoms with van der Waals surface area (Å²) in [7, 11) is 0. The molecule has 0 amide bonds. The maximum atomic E-state index is 6.18. The number of hydrogen-bond donors (Lipinski definition) is 2. The fourth-order valence-corrected chi connectivity index (χ4v) is 3.32. The van der Waals surface area contributed by atoms with Crippen molar-refractivity contribution in [2.24, 2.45) is 0 Å². The third-order valence-electron chi connectivity index (χ3n) is 2.77. The molecule has 0 saturated carbocycles. The Bertz CT molecular complexity index is 718. The second-order valence-corrected chi connectivity index (χ2v) is 6.20. The Balaban J connectivity index is 2.19. The molecule has 0 aliphatic rings. The molecule has 3 nitrogen and oxygen atoms in total. The summed E-state index contributed by atoms with van der Waals surface area (Å²) in [6.45, 7) is 0. The number of hydrogen-bond acceptors (Lipinski definition) is 3. The van der Waals surface area contributed by atoms with Crippen molar-refractivity contribution in [2.45, 2.75) is 0 Å². The highest BCUT2D eigenvalue weighted by Gasteiger charge is 2.17. The number of nitrogens with two attached hydrogens (primary N) is 1. The molecule has 0 saturated heterocycles. The highest BCUT2D eigenvalue weighted by molar-refractivity contribution is 9.10. The summed E-state index contributed by atoms with van der Waals surface area (Å²) in [6, 6.07) is 9.81. The zero-order valence-electron chi connectivity index (χ0n) is 9.65. The largest absolute Gasteiger partial charge is 0.382 e. The number of anilines is 1. The number of benzene rings is 1. The minimum Gasteiger partial charge on any atom is -0.382 e. The highest BCUT2D eigenvalue weighted by Crippen LogP contribution is 2.40. The van der Waals surface area contributed by atoms with Gasteiger partial charge in [0.2, 0.25) is 0 Å². The summed E-state index contributed by atoms with van der Waals surface area (Å²) in [5.41, 5.74) is 8.73. The van der Waals surface area contributed by atoms with Crippen molar-refractivity contribution in [3.63, 3.8) is 0 Å². The van der Waals surface area contributed by atoms with E-state index in [0.717, 1.165) is 26.2 Å². The summed E-state index contributed by atoms with van der Waals surface area (Å²) < 4.78 is 1.02. The molecule has 3 aromatic rings. The number of rotatable bonds is 2. The van der Waals surface area contributed by atoms with Crippen molar-refractivity contribution in [3.8, 4) is 21.7 Å². The van der Waals surface area contributed by atoms with Crippen LogP contribution in [0.25, 0.3) is 21.7 Å². The number of halogens is 2. The average Bonchev–Trinajstić information content (AvgIpc) is 2.97. The molecule has 0 radical (unpaired) electrons. The third-order valence-corrected chi connectivity index (χ3v) is 4.66. The van der Waals surface area contributed by atoms with Crippen LogP contribution < -0.4 is 5.73 Å². The molecule has 0 aliphatic carbocycles. The smallest absolute Gasteiger partial charge is 0.153 e. The highest BCUT2D eigenvalue weighted by atomic mass is 79.9. The van der Waals surface area contributed by atoms with Crippen LogP contribution in [0.4, 0.5) is 5.82 Å². The first kappa shape index (κ1) is 12.7. The third kappa shape index (κ3) is 2.29. The van der Waals surface area contributed by atoms with E-state index < -0.39 is 0 Å². The Hall–Kier alpha value is -1.30. The minimum atomic E-state index is 0.474. The first-order valence-corrected chi connectivity index (χ1v) is 7.55. The quantitative estimate of drug-likeness (QED) is 0.694. The second kappa shape index (κ2) is 5.00. The van der Waals surface area contributed by atoms with E-state index in [1.807, 2.05) is 35.7 Å². The molecule has 0 bridgehead atoms. The Morgan fingerprint density at radius 3 is 2.58 bits per heavy atom. The Morgan fingerprint density at radius 2 is 1.95 bits per heavy atom. The number of aromatic nitrogens is 2. The van der Waals surface area contributed by atoms with Gasteiger partial charge in [0, 0.05) is 4.47 Å². The van der Waals surface area contributed by atoms with Crippen molar-refractivity contribution >= 4 is 44.7 Å². The molecule has 3 N–H and O–H groups in total.